The summed E-state index contributed by atoms with van der Waals surface area (Å²) in [6, 6.07) is 3.52. The van der Waals surface area contributed by atoms with Gasteiger partial charge in [-0.3, -0.25) is 4.90 Å². The minimum Gasteiger partial charge on any atom is -0.506 e. The normalized spacial score (nSPS) is 12.1. The summed E-state index contributed by atoms with van der Waals surface area (Å²) in [7, 11) is 1.45. The van der Waals surface area contributed by atoms with Crippen LogP contribution in [0, 0.1) is 0 Å². The minimum atomic E-state index is -1.27. The van der Waals surface area contributed by atoms with E-state index in [1.165, 1.54) is 25.3 Å². The number of amides is 1. The maximum Gasteiger partial charge on any atom is 0.412 e. The van der Waals surface area contributed by atoms with Crippen LogP contribution in [-0.2, 0) is 4.74 Å². The monoisotopic (exact) mass is 241 g/mol. The first kappa shape index (κ1) is 13.1. The lowest BCUT2D eigenvalue weighted by Crippen LogP contribution is -2.40. The molecule has 1 atom stereocenters. The highest BCUT2D eigenvalue weighted by molar-refractivity contribution is 5.91. The Bertz CT molecular complexity index is 387. The number of aromatic hydroxyl groups is 2. The van der Waals surface area contributed by atoms with Crippen LogP contribution in [0.4, 0.5) is 10.5 Å². The topological polar surface area (TPSA) is 90.2 Å². The Balaban J connectivity index is 3.18. The number of methoxy groups -OCH3 is 1. The van der Waals surface area contributed by atoms with Gasteiger partial charge in [0.05, 0.1) is 12.6 Å². The van der Waals surface area contributed by atoms with Crippen LogP contribution >= 0.6 is 0 Å². The number of ether oxygens (including phenoxy) is 1. The number of phenolic OH excluding ortho intramolecular Hbond substituents is 2. The largest absolute Gasteiger partial charge is 0.506 e. The second-order valence-corrected chi connectivity index (χ2v) is 3.60. The summed E-state index contributed by atoms with van der Waals surface area (Å²) >= 11 is 0. The van der Waals surface area contributed by atoms with Gasteiger partial charge < -0.3 is 20.1 Å². The molecule has 0 aliphatic rings. The van der Waals surface area contributed by atoms with Gasteiger partial charge in [-0.1, -0.05) is 6.07 Å². The van der Waals surface area contributed by atoms with Crippen LogP contribution in [0.2, 0.25) is 0 Å². The van der Waals surface area contributed by atoms with E-state index < -0.39 is 12.1 Å². The van der Waals surface area contributed by atoms with Crippen molar-refractivity contribution in [2.45, 2.75) is 13.0 Å². The van der Waals surface area contributed by atoms with Crippen molar-refractivity contribution in [2.24, 2.45) is 0 Å². The van der Waals surface area contributed by atoms with Gasteiger partial charge >= 0.3 is 6.09 Å². The number of para-hydroxylation sites is 1. The van der Waals surface area contributed by atoms with E-state index in [1.807, 2.05) is 0 Å². The van der Waals surface area contributed by atoms with Gasteiger partial charge in [0.25, 0.3) is 0 Å². The summed E-state index contributed by atoms with van der Waals surface area (Å²) in [5.74, 6) is -0.592. The van der Waals surface area contributed by atoms with Gasteiger partial charge in [0.15, 0.2) is 0 Å². The van der Waals surface area contributed by atoms with E-state index >= 15 is 0 Å². The summed E-state index contributed by atoms with van der Waals surface area (Å²) < 4.78 is 4.87. The van der Waals surface area contributed by atoms with Crippen molar-refractivity contribution in [1.82, 2.24) is 0 Å². The fourth-order valence-corrected chi connectivity index (χ4v) is 1.59. The Morgan fingerprint density at radius 1 is 1.41 bits per heavy atom. The summed E-state index contributed by atoms with van der Waals surface area (Å²) in [6.07, 6.45) is -1.27. The number of anilines is 1. The maximum absolute atomic E-state index is 11.2. The van der Waals surface area contributed by atoms with E-state index in [0.717, 1.165) is 4.90 Å². The number of carbonyl (C=O) groups is 1. The summed E-state index contributed by atoms with van der Waals surface area (Å²) in [5.41, 5.74) is -0.135. The third kappa shape index (κ3) is 2.79. The zero-order valence-corrected chi connectivity index (χ0v) is 9.62. The van der Waals surface area contributed by atoms with E-state index in [4.69, 9.17) is 9.84 Å². The number of carboxylic acid groups (broad SMARTS) is 1. The lowest BCUT2D eigenvalue weighted by Gasteiger charge is -2.27. The molecule has 6 nitrogen and oxygen atoms in total. The quantitative estimate of drug-likeness (QED) is 0.745. The predicted octanol–water partition coefficient (Wildman–Crippen LogP) is 1.62. The van der Waals surface area contributed by atoms with Crippen LogP contribution in [0.25, 0.3) is 0 Å². The Morgan fingerprint density at radius 3 is 2.35 bits per heavy atom. The molecule has 6 heteroatoms. The molecule has 94 valence electrons. The number of phenols is 2. The molecule has 0 radical (unpaired) electrons. The van der Waals surface area contributed by atoms with Gasteiger partial charge in [-0.05, 0) is 19.1 Å². The van der Waals surface area contributed by atoms with Gasteiger partial charge in [0.2, 0.25) is 0 Å². The van der Waals surface area contributed by atoms with Crippen molar-refractivity contribution in [2.75, 3.05) is 18.6 Å². The predicted molar refractivity (Wildman–Crippen MR) is 61.6 cm³/mol. The first-order valence-electron chi connectivity index (χ1n) is 5.01. The van der Waals surface area contributed by atoms with E-state index in [0.29, 0.717) is 0 Å². The van der Waals surface area contributed by atoms with Crippen LogP contribution in [0.15, 0.2) is 18.2 Å². The first-order valence-corrected chi connectivity index (χ1v) is 5.01. The van der Waals surface area contributed by atoms with E-state index in [9.17, 15) is 15.0 Å². The number of rotatable bonds is 4. The number of hydrogen-bond acceptors (Lipinski definition) is 4. The molecule has 0 heterocycles. The standard InChI is InChI=1S/C11H15NO5/c1-7(6-17-2)12(11(15)16)10-8(13)4-3-5-9(10)14/h3-5,7,13-14H,6H2,1-2H3,(H,15,16). The van der Waals surface area contributed by atoms with Gasteiger partial charge in [-0.2, -0.15) is 0 Å². The number of benzene rings is 1. The second-order valence-electron chi connectivity index (χ2n) is 3.60. The third-order valence-corrected chi connectivity index (χ3v) is 2.29. The highest BCUT2D eigenvalue weighted by Crippen LogP contribution is 2.37. The Labute approximate surface area is 98.7 Å². The minimum absolute atomic E-state index is 0.135. The molecule has 0 fully saturated rings. The molecule has 1 unspecified atom stereocenters. The molecular weight excluding hydrogens is 226 g/mol. The average molecular weight is 241 g/mol. The third-order valence-electron chi connectivity index (χ3n) is 2.29. The molecule has 17 heavy (non-hydrogen) atoms. The molecule has 0 saturated carbocycles. The molecule has 0 aromatic heterocycles. The summed E-state index contributed by atoms with van der Waals surface area (Å²) in [6.45, 7) is 1.77. The fourth-order valence-electron chi connectivity index (χ4n) is 1.59. The van der Waals surface area contributed by atoms with Crippen LogP contribution in [0.5, 0.6) is 11.5 Å². The van der Waals surface area contributed by atoms with Gasteiger partial charge in [0, 0.05) is 7.11 Å². The Kier molecular flexibility index (Phi) is 4.17. The highest BCUT2D eigenvalue weighted by atomic mass is 16.5. The van der Waals surface area contributed by atoms with Crippen molar-refractivity contribution in [3.63, 3.8) is 0 Å². The van der Waals surface area contributed by atoms with Crippen molar-refractivity contribution in [3.8, 4) is 11.5 Å². The van der Waals surface area contributed by atoms with Gasteiger partial charge in [-0.25, -0.2) is 4.79 Å². The van der Waals surface area contributed by atoms with Gasteiger partial charge in [0.1, 0.15) is 17.2 Å². The first-order chi connectivity index (χ1) is 7.99. The summed E-state index contributed by atoms with van der Waals surface area (Å²) in [5, 5.41) is 28.4. The molecular formula is C11H15NO5. The SMILES string of the molecule is COCC(C)N(C(=O)O)c1c(O)cccc1O. The molecule has 3 N–H and O–H groups in total. The lowest BCUT2D eigenvalue weighted by molar-refractivity contribution is 0.168. The van der Waals surface area contributed by atoms with Crippen molar-refractivity contribution in [1.29, 1.82) is 0 Å². The Morgan fingerprint density at radius 2 is 1.94 bits per heavy atom. The van der Waals surface area contributed by atoms with Crippen molar-refractivity contribution >= 4 is 11.8 Å². The van der Waals surface area contributed by atoms with Crippen LogP contribution < -0.4 is 4.90 Å². The molecule has 1 aromatic carbocycles. The van der Waals surface area contributed by atoms with Crippen molar-refractivity contribution in [3.05, 3.63) is 18.2 Å². The highest BCUT2D eigenvalue weighted by Gasteiger charge is 2.26. The zero-order valence-electron chi connectivity index (χ0n) is 9.62. The van der Waals surface area contributed by atoms with Crippen LogP contribution in [0.1, 0.15) is 6.92 Å². The molecule has 0 spiro atoms. The molecule has 0 bridgehead atoms. The fraction of sp³-hybridized carbons (Fsp3) is 0.364. The molecule has 1 aromatic rings. The smallest absolute Gasteiger partial charge is 0.412 e. The average Bonchev–Trinajstić information content (AvgIpc) is 2.23. The van der Waals surface area contributed by atoms with Crippen molar-refractivity contribution < 1.29 is 24.9 Å². The van der Waals surface area contributed by atoms with E-state index in [2.05, 4.69) is 0 Å². The van der Waals surface area contributed by atoms with Gasteiger partial charge in [-0.15, -0.1) is 0 Å². The maximum atomic E-state index is 11.2. The molecule has 0 aliphatic carbocycles. The van der Waals surface area contributed by atoms with E-state index in [-0.39, 0.29) is 23.8 Å². The molecule has 1 amide bonds. The Hall–Kier alpha value is -1.95. The molecule has 0 aliphatic heterocycles. The lowest BCUT2D eigenvalue weighted by atomic mass is 10.2. The van der Waals surface area contributed by atoms with Crippen LogP contribution in [-0.4, -0.2) is 41.2 Å². The second kappa shape index (κ2) is 5.40. The summed E-state index contributed by atoms with van der Waals surface area (Å²) in [4.78, 5) is 12.0. The molecule has 0 saturated heterocycles. The van der Waals surface area contributed by atoms with Crippen LogP contribution in [0.3, 0.4) is 0 Å². The zero-order chi connectivity index (χ0) is 13.0. The number of hydrogen-bond donors (Lipinski definition) is 3. The van der Waals surface area contributed by atoms with E-state index in [1.54, 1.807) is 6.92 Å². The molecule has 1 rings (SSSR count). The number of nitrogens with zero attached hydrogens (tertiary/aromatic N) is 1.